The molecule has 0 radical (unpaired) electrons. The van der Waals surface area contributed by atoms with E-state index in [2.05, 4.69) is 27.9 Å². The van der Waals surface area contributed by atoms with Crippen LogP contribution in [0.15, 0.2) is 36.4 Å². The van der Waals surface area contributed by atoms with Crippen LogP contribution in [0.5, 0.6) is 0 Å². The van der Waals surface area contributed by atoms with Crippen molar-refractivity contribution in [3.05, 3.63) is 53.3 Å². The first kappa shape index (κ1) is 18.5. The molecule has 8 heteroatoms. The van der Waals surface area contributed by atoms with Gasteiger partial charge in [0.15, 0.2) is 5.69 Å². The molecular weight excluding hydrogens is 352 g/mol. The lowest BCUT2D eigenvalue weighted by Crippen LogP contribution is -2.30. The number of carbonyl (C=O) groups excluding carboxylic acids is 2. The van der Waals surface area contributed by atoms with Crippen molar-refractivity contribution in [2.75, 3.05) is 18.8 Å². The maximum absolute atomic E-state index is 12.2. The molecular formula is C18H22N4O3S. The third-order valence-corrected chi connectivity index (χ3v) is 5.10. The van der Waals surface area contributed by atoms with Crippen LogP contribution >= 0.6 is 11.8 Å². The van der Waals surface area contributed by atoms with Crippen molar-refractivity contribution in [2.24, 2.45) is 0 Å². The van der Waals surface area contributed by atoms with Gasteiger partial charge < -0.3 is 15.7 Å². The lowest BCUT2D eigenvalue weighted by Gasteiger charge is -2.06. The van der Waals surface area contributed by atoms with E-state index in [1.165, 1.54) is 16.3 Å². The van der Waals surface area contributed by atoms with Gasteiger partial charge in [-0.05, 0) is 17.7 Å². The number of benzene rings is 1. The number of aliphatic hydroxyl groups is 1. The third kappa shape index (κ3) is 4.86. The van der Waals surface area contributed by atoms with Crippen molar-refractivity contribution >= 4 is 23.6 Å². The first-order valence-electron chi connectivity index (χ1n) is 8.57. The summed E-state index contributed by atoms with van der Waals surface area (Å²) >= 11 is 1.83. The Morgan fingerprint density at radius 1 is 1.38 bits per heavy atom. The number of hydrogen-bond donors (Lipinski definition) is 3. The predicted octanol–water partition coefficient (Wildman–Crippen LogP) is 1.04. The summed E-state index contributed by atoms with van der Waals surface area (Å²) < 4.78 is 1.39. The Bertz CT molecular complexity index is 763. The largest absolute Gasteiger partial charge is 0.389 e. The lowest BCUT2D eigenvalue weighted by atomic mass is 10.2. The van der Waals surface area contributed by atoms with Crippen molar-refractivity contribution in [3.63, 3.8) is 0 Å². The van der Waals surface area contributed by atoms with E-state index in [4.69, 9.17) is 0 Å². The van der Waals surface area contributed by atoms with Gasteiger partial charge in [0.2, 0.25) is 0 Å². The van der Waals surface area contributed by atoms with Gasteiger partial charge in [-0.2, -0.15) is 16.9 Å². The molecule has 0 saturated heterocycles. The number of β-amino-alcohol motifs (C(OH)–C–C–N with tert-alkyl or cyclic N) is 1. The molecule has 1 unspecified atom stereocenters. The summed E-state index contributed by atoms with van der Waals surface area (Å²) in [6.45, 7) is 0.930. The Morgan fingerprint density at radius 3 is 3.00 bits per heavy atom. The number of rotatable bonds is 7. The second kappa shape index (κ2) is 8.86. The molecule has 3 rings (SSSR count). The Balaban J connectivity index is 1.42. The number of hydrogen-bond acceptors (Lipinski definition) is 5. The molecule has 1 aliphatic rings. The van der Waals surface area contributed by atoms with E-state index in [0.717, 1.165) is 17.9 Å². The van der Waals surface area contributed by atoms with Crippen LogP contribution in [0, 0.1) is 0 Å². The van der Waals surface area contributed by atoms with E-state index < -0.39 is 6.10 Å². The Labute approximate surface area is 156 Å². The van der Waals surface area contributed by atoms with E-state index >= 15 is 0 Å². The summed E-state index contributed by atoms with van der Waals surface area (Å²) in [5.74, 6) is 1.27. The fraction of sp³-hybridized carbons (Fsp3) is 0.389. The van der Waals surface area contributed by atoms with Crippen LogP contribution in [-0.2, 0) is 12.3 Å². The smallest absolute Gasteiger partial charge is 0.271 e. The quantitative estimate of drug-likeness (QED) is 0.630. The molecule has 138 valence electrons. The van der Waals surface area contributed by atoms with Gasteiger partial charge >= 0.3 is 0 Å². The Kier molecular flexibility index (Phi) is 6.30. The van der Waals surface area contributed by atoms with Gasteiger partial charge in [-0.3, -0.25) is 14.3 Å². The fourth-order valence-electron chi connectivity index (χ4n) is 2.65. The standard InChI is InChI=1S/C18H22N4O3S/c23-14-10-20-18(25)16-9-15(21-22(16)11-14)17(24)19-7-4-8-26-12-13-5-2-1-3-6-13/h1-3,5-6,9,14,23H,4,7-8,10-12H2,(H,19,24)(H,20,25). The molecule has 7 nitrogen and oxygen atoms in total. The highest BCUT2D eigenvalue weighted by atomic mass is 32.2. The second-order valence-electron chi connectivity index (χ2n) is 6.11. The first-order chi connectivity index (χ1) is 12.6. The van der Waals surface area contributed by atoms with Crippen LogP contribution in [0.2, 0.25) is 0 Å². The van der Waals surface area contributed by atoms with Gasteiger partial charge in [0, 0.05) is 24.9 Å². The van der Waals surface area contributed by atoms with Crippen molar-refractivity contribution < 1.29 is 14.7 Å². The number of amides is 2. The summed E-state index contributed by atoms with van der Waals surface area (Å²) in [7, 11) is 0. The topological polar surface area (TPSA) is 96.2 Å². The van der Waals surface area contributed by atoms with Crippen LogP contribution in [-0.4, -0.2) is 51.6 Å². The van der Waals surface area contributed by atoms with E-state index in [1.54, 1.807) is 0 Å². The molecule has 2 aromatic rings. The predicted molar refractivity (Wildman–Crippen MR) is 100 cm³/mol. The van der Waals surface area contributed by atoms with Gasteiger partial charge in [0.05, 0.1) is 12.6 Å². The zero-order valence-electron chi connectivity index (χ0n) is 14.4. The van der Waals surface area contributed by atoms with Crippen LogP contribution in [0.4, 0.5) is 0 Å². The average molecular weight is 374 g/mol. The summed E-state index contributed by atoms with van der Waals surface area (Å²) in [6, 6.07) is 11.7. The average Bonchev–Trinajstić information content (AvgIpc) is 3.01. The SMILES string of the molecule is O=C(NCCCSCc1ccccc1)c1cc2n(n1)CC(O)CNC2=O. The second-order valence-corrected chi connectivity index (χ2v) is 7.21. The van der Waals surface area contributed by atoms with Gasteiger partial charge in [-0.1, -0.05) is 30.3 Å². The number of aliphatic hydroxyl groups excluding tert-OH is 1. The van der Waals surface area contributed by atoms with Gasteiger partial charge in [-0.15, -0.1) is 0 Å². The highest BCUT2D eigenvalue weighted by molar-refractivity contribution is 7.98. The third-order valence-electron chi connectivity index (χ3n) is 3.99. The van der Waals surface area contributed by atoms with Crippen molar-refractivity contribution in [2.45, 2.75) is 24.8 Å². The van der Waals surface area contributed by atoms with E-state index in [0.29, 0.717) is 12.2 Å². The molecule has 1 aromatic carbocycles. The molecule has 0 aliphatic carbocycles. The molecule has 0 spiro atoms. The maximum Gasteiger partial charge on any atom is 0.271 e. The van der Waals surface area contributed by atoms with Crippen LogP contribution in [0.3, 0.4) is 0 Å². The molecule has 3 N–H and O–H groups in total. The maximum atomic E-state index is 12.2. The monoisotopic (exact) mass is 374 g/mol. The highest BCUT2D eigenvalue weighted by Gasteiger charge is 2.24. The normalized spacial score (nSPS) is 16.5. The van der Waals surface area contributed by atoms with Crippen LogP contribution < -0.4 is 10.6 Å². The zero-order chi connectivity index (χ0) is 18.4. The minimum atomic E-state index is -0.711. The molecule has 0 saturated carbocycles. The minimum absolute atomic E-state index is 0.185. The molecule has 2 amide bonds. The van der Waals surface area contributed by atoms with Crippen LogP contribution in [0.1, 0.15) is 33.0 Å². The summed E-state index contributed by atoms with van der Waals surface area (Å²) in [5, 5.41) is 19.3. The molecule has 1 aliphatic heterocycles. The number of thioether (sulfide) groups is 1. The number of fused-ring (bicyclic) bond motifs is 1. The molecule has 1 aromatic heterocycles. The number of nitrogens with zero attached hydrogens (tertiary/aromatic N) is 2. The Hall–Kier alpha value is -2.32. The van der Waals surface area contributed by atoms with Crippen LogP contribution in [0.25, 0.3) is 0 Å². The molecule has 1 atom stereocenters. The number of nitrogens with one attached hydrogen (secondary N) is 2. The molecule has 0 fully saturated rings. The van der Waals surface area contributed by atoms with Gasteiger partial charge in [0.1, 0.15) is 5.69 Å². The van der Waals surface area contributed by atoms with E-state index in [1.807, 2.05) is 30.0 Å². The zero-order valence-corrected chi connectivity index (χ0v) is 15.2. The minimum Gasteiger partial charge on any atom is -0.389 e. The summed E-state index contributed by atoms with van der Waals surface area (Å²) in [6.07, 6.45) is 0.147. The van der Waals surface area contributed by atoms with Crippen molar-refractivity contribution in [1.82, 2.24) is 20.4 Å². The first-order valence-corrected chi connectivity index (χ1v) is 9.73. The lowest BCUT2D eigenvalue weighted by molar-refractivity contribution is 0.0931. The van der Waals surface area contributed by atoms with E-state index in [-0.39, 0.29) is 30.6 Å². The molecule has 2 heterocycles. The number of carbonyl (C=O) groups is 2. The van der Waals surface area contributed by atoms with Gasteiger partial charge in [-0.25, -0.2) is 0 Å². The van der Waals surface area contributed by atoms with Gasteiger partial charge in [0.25, 0.3) is 11.8 Å². The number of aromatic nitrogens is 2. The highest BCUT2D eigenvalue weighted by Crippen LogP contribution is 2.12. The Morgan fingerprint density at radius 2 is 2.19 bits per heavy atom. The molecule has 26 heavy (non-hydrogen) atoms. The van der Waals surface area contributed by atoms with Crippen molar-refractivity contribution in [1.29, 1.82) is 0 Å². The summed E-state index contributed by atoms with van der Waals surface area (Å²) in [4.78, 5) is 24.1. The van der Waals surface area contributed by atoms with E-state index in [9.17, 15) is 14.7 Å². The molecule has 0 bridgehead atoms. The summed E-state index contributed by atoms with van der Waals surface area (Å²) in [5.41, 5.74) is 1.79. The fourth-order valence-corrected chi connectivity index (χ4v) is 3.57. The van der Waals surface area contributed by atoms with Crippen molar-refractivity contribution in [3.8, 4) is 0 Å².